The van der Waals surface area contributed by atoms with Crippen LogP contribution in [0.2, 0.25) is 0 Å². The van der Waals surface area contributed by atoms with E-state index in [1.165, 1.54) is 22.3 Å². The van der Waals surface area contributed by atoms with E-state index in [1.54, 1.807) is 14.2 Å². The maximum absolute atomic E-state index is 5.42. The van der Waals surface area contributed by atoms with Crippen LogP contribution in [0.1, 0.15) is 36.1 Å². The van der Waals surface area contributed by atoms with E-state index in [1.807, 2.05) is 24.3 Å². The molecule has 0 aliphatic heterocycles. The Morgan fingerprint density at radius 1 is 0.333 bits per heavy atom. The van der Waals surface area contributed by atoms with Crippen LogP contribution in [-0.2, 0) is 25.7 Å². The standard InChI is InChI=1S/C44H44N2O2/c1-5-33-9-17-37(18-10-33)45(41-25-29-43(47-3)30-26-41)39-21-13-35(14-22-39)7-8-36-15-23-40(24-16-36)46(38-19-11-34(6-2)12-20-38)42-27-31-44(48-4)32-28-42/h9-32H,5-8H2,1-4H3. The molecular formula is C44H44N2O2. The Bertz CT molecular complexity index is 1630. The minimum Gasteiger partial charge on any atom is -0.497 e. The summed E-state index contributed by atoms with van der Waals surface area (Å²) in [6.45, 7) is 4.37. The molecule has 0 N–H and O–H groups in total. The van der Waals surface area contributed by atoms with Crippen LogP contribution in [0.5, 0.6) is 11.5 Å². The van der Waals surface area contributed by atoms with Crippen LogP contribution in [0.25, 0.3) is 0 Å². The first-order chi connectivity index (χ1) is 23.6. The molecule has 6 aromatic rings. The Morgan fingerprint density at radius 3 is 0.792 bits per heavy atom. The molecule has 0 aliphatic rings. The summed E-state index contributed by atoms with van der Waals surface area (Å²) in [5, 5.41) is 0. The zero-order valence-corrected chi connectivity index (χ0v) is 28.4. The Labute approximate surface area is 285 Å². The van der Waals surface area contributed by atoms with Gasteiger partial charge < -0.3 is 19.3 Å². The monoisotopic (exact) mass is 632 g/mol. The summed E-state index contributed by atoms with van der Waals surface area (Å²) < 4.78 is 10.8. The number of aryl methyl sites for hydroxylation is 4. The molecule has 0 heterocycles. The topological polar surface area (TPSA) is 24.9 Å². The van der Waals surface area contributed by atoms with Gasteiger partial charge in [0.15, 0.2) is 0 Å². The molecule has 48 heavy (non-hydrogen) atoms. The Kier molecular flexibility index (Phi) is 10.4. The number of ether oxygens (including phenoxy) is 2. The SMILES string of the molecule is CCc1ccc(N(c2ccc(CCc3ccc(N(c4ccc(CC)cc4)c4ccc(OC)cc4)cc3)cc2)c2ccc(OC)cc2)cc1. The summed E-state index contributed by atoms with van der Waals surface area (Å²) in [4.78, 5) is 4.59. The molecular weight excluding hydrogens is 588 g/mol. The van der Waals surface area contributed by atoms with E-state index in [2.05, 4.69) is 145 Å². The Balaban J connectivity index is 1.19. The lowest BCUT2D eigenvalue weighted by Crippen LogP contribution is -2.10. The summed E-state index contributed by atoms with van der Waals surface area (Å²) in [7, 11) is 3.40. The van der Waals surface area contributed by atoms with Gasteiger partial charge in [0.05, 0.1) is 14.2 Å². The number of anilines is 6. The van der Waals surface area contributed by atoms with Gasteiger partial charge in [-0.2, -0.15) is 0 Å². The molecule has 0 unspecified atom stereocenters. The minimum absolute atomic E-state index is 0.850. The maximum atomic E-state index is 5.42. The number of nitrogens with zero attached hydrogens (tertiary/aromatic N) is 2. The molecule has 0 spiro atoms. The van der Waals surface area contributed by atoms with E-state index < -0.39 is 0 Å². The highest BCUT2D eigenvalue weighted by molar-refractivity contribution is 5.78. The second-order valence-electron chi connectivity index (χ2n) is 11.9. The van der Waals surface area contributed by atoms with Crippen molar-refractivity contribution < 1.29 is 9.47 Å². The third-order valence-electron chi connectivity index (χ3n) is 8.96. The summed E-state index contributed by atoms with van der Waals surface area (Å²) in [6.07, 6.45) is 3.98. The normalized spacial score (nSPS) is 10.8. The largest absolute Gasteiger partial charge is 0.497 e. The van der Waals surface area contributed by atoms with Crippen molar-refractivity contribution in [2.24, 2.45) is 0 Å². The maximum Gasteiger partial charge on any atom is 0.119 e. The van der Waals surface area contributed by atoms with Crippen LogP contribution in [0.15, 0.2) is 146 Å². The van der Waals surface area contributed by atoms with E-state index in [0.717, 1.165) is 71.3 Å². The Morgan fingerprint density at radius 2 is 0.562 bits per heavy atom. The molecule has 0 atom stereocenters. The van der Waals surface area contributed by atoms with Crippen LogP contribution >= 0.6 is 0 Å². The smallest absolute Gasteiger partial charge is 0.119 e. The first-order valence-electron chi connectivity index (χ1n) is 16.8. The summed E-state index contributed by atoms with van der Waals surface area (Å²) >= 11 is 0. The predicted octanol–water partition coefficient (Wildman–Crippen LogP) is 11.6. The van der Waals surface area contributed by atoms with E-state index in [4.69, 9.17) is 9.47 Å². The molecule has 6 rings (SSSR count). The third kappa shape index (κ3) is 7.56. The van der Waals surface area contributed by atoms with Crippen LogP contribution < -0.4 is 19.3 Å². The van der Waals surface area contributed by atoms with Crippen LogP contribution in [0, 0.1) is 0 Å². The van der Waals surface area contributed by atoms with Gasteiger partial charge in [0, 0.05) is 34.1 Å². The number of benzene rings is 6. The first kappa shape index (κ1) is 32.5. The van der Waals surface area contributed by atoms with Crippen molar-refractivity contribution >= 4 is 34.1 Å². The van der Waals surface area contributed by atoms with Gasteiger partial charge in [-0.05, 0) is 145 Å². The van der Waals surface area contributed by atoms with Crippen molar-refractivity contribution in [3.05, 3.63) is 168 Å². The summed E-state index contributed by atoms with van der Waals surface area (Å²) in [5.74, 6) is 1.70. The van der Waals surface area contributed by atoms with E-state index in [-0.39, 0.29) is 0 Å². The van der Waals surface area contributed by atoms with Crippen molar-refractivity contribution in [1.29, 1.82) is 0 Å². The highest BCUT2D eigenvalue weighted by atomic mass is 16.5. The second kappa shape index (κ2) is 15.4. The fraction of sp³-hybridized carbons (Fsp3) is 0.182. The van der Waals surface area contributed by atoms with Crippen molar-refractivity contribution in [3.63, 3.8) is 0 Å². The van der Waals surface area contributed by atoms with Gasteiger partial charge in [0.25, 0.3) is 0 Å². The van der Waals surface area contributed by atoms with Crippen molar-refractivity contribution in [2.45, 2.75) is 39.5 Å². The van der Waals surface area contributed by atoms with Gasteiger partial charge >= 0.3 is 0 Å². The zero-order valence-electron chi connectivity index (χ0n) is 28.4. The number of methoxy groups -OCH3 is 2. The molecule has 0 aliphatic carbocycles. The number of hydrogen-bond donors (Lipinski definition) is 0. The zero-order chi connectivity index (χ0) is 33.3. The molecule has 4 heteroatoms. The molecule has 6 aromatic carbocycles. The molecule has 0 radical (unpaired) electrons. The highest BCUT2D eigenvalue weighted by Gasteiger charge is 2.15. The molecule has 4 nitrogen and oxygen atoms in total. The van der Waals surface area contributed by atoms with Crippen molar-refractivity contribution in [2.75, 3.05) is 24.0 Å². The molecule has 0 saturated heterocycles. The summed E-state index contributed by atoms with van der Waals surface area (Å²) in [5.41, 5.74) is 12.0. The first-order valence-corrected chi connectivity index (χ1v) is 16.8. The average molecular weight is 633 g/mol. The lowest BCUT2D eigenvalue weighted by molar-refractivity contribution is 0.414. The van der Waals surface area contributed by atoms with Gasteiger partial charge in [0.2, 0.25) is 0 Å². The van der Waals surface area contributed by atoms with Crippen molar-refractivity contribution in [3.8, 4) is 11.5 Å². The van der Waals surface area contributed by atoms with Crippen molar-refractivity contribution in [1.82, 2.24) is 0 Å². The molecule has 0 aromatic heterocycles. The van der Waals surface area contributed by atoms with Crippen LogP contribution in [0.4, 0.5) is 34.1 Å². The summed E-state index contributed by atoms with van der Waals surface area (Å²) in [6, 6.07) is 52.1. The molecule has 0 fully saturated rings. The fourth-order valence-electron chi connectivity index (χ4n) is 6.03. The number of rotatable bonds is 13. The average Bonchev–Trinajstić information content (AvgIpc) is 3.16. The lowest BCUT2D eigenvalue weighted by atomic mass is 10.0. The van der Waals surface area contributed by atoms with Gasteiger partial charge in [-0.1, -0.05) is 62.4 Å². The number of hydrogen-bond acceptors (Lipinski definition) is 4. The molecule has 0 amide bonds. The van der Waals surface area contributed by atoms with Crippen LogP contribution in [0.3, 0.4) is 0 Å². The van der Waals surface area contributed by atoms with Gasteiger partial charge in [-0.15, -0.1) is 0 Å². The van der Waals surface area contributed by atoms with Crippen LogP contribution in [-0.4, -0.2) is 14.2 Å². The fourth-order valence-corrected chi connectivity index (χ4v) is 6.03. The van der Waals surface area contributed by atoms with E-state index in [0.29, 0.717) is 0 Å². The lowest BCUT2D eigenvalue weighted by Gasteiger charge is -2.26. The van der Waals surface area contributed by atoms with E-state index in [9.17, 15) is 0 Å². The minimum atomic E-state index is 0.850. The molecule has 0 saturated carbocycles. The predicted molar refractivity (Wildman–Crippen MR) is 202 cm³/mol. The quantitative estimate of drug-likeness (QED) is 0.126. The van der Waals surface area contributed by atoms with Gasteiger partial charge in [-0.25, -0.2) is 0 Å². The van der Waals surface area contributed by atoms with E-state index >= 15 is 0 Å². The second-order valence-corrected chi connectivity index (χ2v) is 11.9. The molecule has 0 bridgehead atoms. The highest BCUT2D eigenvalue weighted by Crippen LogP contribution is 2.37. The molecule has 242 valence electrons. The third-order valence-corrected chi connectivity index (χ3v) is 8.96. The van der Waals surface area contributed by atoms with Gasteiger partial charge in [0.1, 0.15) is 11.5 Å². The Hall–Kier alpha value is -5.48. The van der Waals surface area contributed by atoms with Gasteiger partial charge in [-0.3, -0.25) is 0 Å².